The van der Waals surface area contributed by atoms with E-state index in [0.29, 0.717) is 22.9 Å². The minimum Gasteiger partial charge on any atom is -0.370 e. The molecule has 0 aliphatic carbocycles. The van der Waals surface area contributed by atoms with Crippen LogP contribution in [-0.4, -0.2) is 27.4 Å². The highest BCUT2D eigenvalue weighted by molar-refractivity contribution is 6.04. The van der Waals surface area contributed by atoms with Gasteiger partial charge in [0.05, 0.1) is 0 Å². The fourth-order valence-corrected chi connectivity index (χ4v) is 2.39. The summed E-state index contributed by atoms with van der Waals surface area (Å²) in [4.78, 5) is 24.8. The summed E-state index contributed by atoms with van der Waals surface area (Å²) in [6.45, 7) is 4.66. The summed E-state index contributed by atoms with van der Waals surface area (Å²) in [5, 5.41) is 9.28. The van der Waals surface area contributed by atoms with E-state index in [9.17, 15) is 4.79 Å². The van der Waals surface area contributed by atoms with E-state index in [4.69, 9.17) is 0 Å². The number of pyridine rings is 1. The van der Waals surface area contributed by atoms with Crippen LogP contribution in [0.2, 0.25) is 0 Å². The normalized spacial score (nSPS) is 10.2. The molecule has 0 bridgehead atoms. The number of carbonyl (C=O) groups is 1. The van der Waals surface area contributed by atoms with E-state index in [2.05, 4.69) is 30.9 Å². The highest BCUT2D eigenvalue weighted by Gasteiger charge is 2.06. The van der Waals surface area contributed by atoms with Crippen LogP contribution < -0.4 is 16.0 Å². The number of aromatic nitrogens is 3. The van der Waals surface area contributed by atoms with Crippen molar-refractivity contribution < 1.29 is 4.79 Å². The van der Waals surface area contributed by atoms with Crippen LogP contribution in [0.25, 0.3) is 0 Å². The zero-order valence-corrected chi connectivity index (χ0v) is 14.7. The maximum absolute atomic E-state index is 12.1. The van der Waals surface area contributed by atoms with Crippen molar-refractivity contribution in [1.82, 2.24) is 15.0 Å². The third-order valence-corrected chi connectivity index (χ3v) is 3.55. The smallest absolute Gasteiger partial charge is 0.255 e. The third-order valence-electron chi connectivity index (χ3n) is 3.55. The molecule has 3 rings (SSSR count). The number of carbonyl (C=O) groups excluding carboxylic acids is 1. The van der Waals surface area contributed by atoms with Gasteiger partial charge in [-0.1, -0.05) is 0 Å². The predicted molar refractivity (Wildman–Crippen MR) is 103 cm³/mol. The van der Waals surface area contributed by atoms with Gasteiger partial charge in [0.15, 0.2) is 0 Å². The van der Waals surface area contributed by atoms with Gasteiger partial charge in [0.25, 0.3) is 5.91 Å². The predicted octanol–water partition coefficient (Wildman–Crippen LogP) is 3.61. The molecule has 132 valence electrons. The Morgan fingerprint density at radius 3 is 2.31 bits per heavy atom. The first-order valence-corrected chi connectivity index (χ1v) is 8.32. The first kappa shape index (κ1) is 17.3. The zero-order chi connectivity index (χ0) is 18.4. The van der Waals surface area contributed by atoms with Gasteiger partial charge in [0.1, 0.15) is 17.5 Å². The summed E-state index contributed by atoms with van der Waals surface area (Å²) in [7, 11) is 0. The Bertz CT molecular complexity index is 880. The molecule has 26 heavy (non-hydrogen) atoms. The molecule has 7 nitrogen and oxygen atoms in total. The lowest BCUT2D eigenvalue weighted by molar-refractivity contribution is 0.102. The first-order chi connectivity index (χ1) is 12.6. The standard InChI is InChI=1S/C19H20N6O/c1-3-21-17-12-18(23-13(2)22-17)24-15-4-6-16(7-5-15)25-19(26)14-8-10-20-11-9-14/h4-12H,3H2,1-2H3,(H,25,26)(H2,21,22,23,24). The second kappa shape index (κ2) is 8.06. The summed E-state index contributed by atoms with van der Waals surface area (Å²) >= 11 is 0. The average Bonchev–Trinajstić information content (AvgIpc) is 2.64. The van der Waals surface area contributed by atoms with E-state index in [0.717, 1.165) is 18.1 Å². The quantitative estimate of drug-likeness (QED) is 0.630. The van der Waals surface area contributed by atoms with Crippen molar-refractivity contribution in [1.29, 1.82) is 0 Å². The lowest BCUT2D eigenvalue weighted by atomic mass is 10.2. The summed E-state index contributed by atoms with van der Waals surface area (Å²) < 4.78 is 0. The lowest BCUT2D eigenvalue weighted by Gasteiger charge is -2.10. The van der Waals surface area contributed by atoms with E-state index in [1.165, 1.54) is 0 Å². The molecular formula is C19H20N6O. The Kier molecular flexibility index (Phi) is 5.38. The molecule has 0 saturated carbocycles. The van der Waals surface area contributed by atoms with Gasteiger partial charge in [0, 0.05) is 41.9 Å². The van der Waals surface area contributed by atoms with Crippen molar-refractivity contribution in [3.8, 4) is 0 Å². The third kappa shape index (κ3) is 4.54. The molecule has 3 N–H and O–H groups in total. The Balaban J connectivity index is 1.67. The zero-order valence-electron chi connectivity index (χ0n) is 14.7. The van der Waals surface area contributed by atoms with Gasteiger partial charge in [-0.2, -0.15) is 0 Å². The van der Waals surface area contributed by atoms with Crippen molar-refractivity contribution in [3.05, 3.63) is 66.2 Å². The van der Waals surface area contributed by atoms with Crippen LogP contribution in [0.15, 0.2) is 54.9 Å². The largest absolute Gasteiger partial charge is 0.370 e. The topological polar surface area (TPSA) is 91.8 Å². The van der Waals surface area contributed by atoms with Crippen molar-refractivity contribution in [3.63, 3.8) is 0 Å². The van der Waals surface area contributed by atoms with Gasteiger partial charge < -0.3 is 16.0 Å². The highest BCUT2D eigenvalue weighted by Crippen LogP contribution is 2.20. The second-order valence-electron chi connectivity index (χ2n) is 5.61. The number of hydrogen-bond donors (Lipinski definition) is 3. The summed E-state index contributed by atoms with van der Waals surface area (Å²) in [6, 6.07) is 12.6. The maximum Gasteiger partial charge on any atom is 0.255 e. The molecule has 2 heterocycles. The van der Waals surface area contributed by atoms with Crippen LogP contribution in [0, 0.1) is 6.92 Å². The molecule has 0 atom stereocenters. The number of nitrogens with one attached hydrogen (secondary N) is 3. The van der Waals surface area contributed by atoms with Crippen LogP contribution in [0.4, 0.5) is 23.0 Å². The number of nitrogens with zero attached hydrogens (tertiary/aromatic N) is 3. The number of hydrogen-bond acceptors (Lipinski definition) is 6. The van der Waals surface area contributed by atoms with Gasteiger partial charge in [-0.15, -0.1) is 0 Å². The molecule has 0 radical (unpaired) electrons. The molecule has 0 fully saturated rings. The van der Waals surface area contributed by atoms with E-state index >= 15 is 0 Å². The first-order valence-electron chi connectivity index (χ1n) is 8.32. The van der Waals surface area contributed by atoms with E-state index in [1.54, 1.807) is 24.5 Å². The maximum atomic E-state index is 12.1. The molecule has 1 aromatic carbocycles. The number of anilines is 4. The minimum absolute atomic E-state index is 0.171. The molecule has 0 aliphatic heterocycles. The number of rotatable bonds is 6. The summed E-state index contributed by atoms with van der Waals surface area (Å²) in [5.41, 5.74) is 2.15. The Morgan fingerprint density at radius 2 is 1.62 bits per heavy atom. The van der Waals surface area contributed by atoms with E-state index in [-0.39, 0.29) is 5.91 Å². The highest BCUT2D eigenvalue weighted by atomic mass is 16.1. The van der Waals surface area contributed by atoms with Gasteiger partial charge >= 0.3 is 0 Å². The molecule has 0 spiro atoms. The second-order valence-corrected chi connectivity index (χ2v) is 5.61. The summed E-state index contributed by atoms with van der Waals surface area (Å²) in [5.74, 6) is 2.01. The average molecular weight is 348 g/mol. The van der Waals surface area contributed by atoms with Crippen LogP contribution in [0.5, 0.6) is 0 Å². The van der Waals surface area contributed by atoms with Crippen molar-refractivity contribution >= 4 is 28.9 Å². The summed E-state index contributed by atoms with van der Waals surface area (Å²) in [6.07, 6.45) is 3.18. The Labute approximate surface area is 151 Å². The molecule has 1 amide bonds. The number of amides is 1. The van der Waals surface area contributed by atoms with Crippen molar-refractivity contribution in [2.75, 3.05) is 22.5 Å². The molecule has 2 aromatic heterocycles. The lowest BCUT2D eigenvalue weighted by Crippen LogP contribution is -2.11. The van der Waals surface area contributed by atoms with Gasteiger partial charge in [0.2, 0.25) is 0 Å². The molecule has 3 aromatic rings. The van der Waals surface area contributed by atoms with Crippen LogP contribution >= 0.6 is 0 Å². The van der Waals surface area contributed by atoms with Crippen LogP contribution in [0.3, 0.4) is 0 Å². The fraction of sp³-hybridized carbons (Fsp3) is 0.158. The van der Waals surface area contributed by atoms with E-state index in [1.807, 2.05) is 44.2 Å². The monoisotopic (exact) mass is 348 g/mol. The van der Waals surface area contributed by atoms with Crippen LogP contribution in [0.1, 0.15) is 23.1 Å². The van der Waals surface area contributed by atoms with Gasteiger partial charge in [-0.25, -0.2) is 9.97 Å². The van der Waals surface area contributed by atoms with Gasteiger partial charge in [-0.05, 0) is 50.2 Å². The Morgan fingerprint density at radius 1 is 0.962 bits per heavy atom. The fourth-order valence-electron chi connectivity index (χ4n) is 2.39. The minimum atomic E-state index is -0.171. The van der Waals surface area contributed by atoms with Crippen molar-refractivity contribution in [2.24, 2.45) is 0 Å². The molecule has 7 heteroatoms. The molecule has 0 unspecified atom stereocenters. The van der Waals surface area contributed by atoms with Gasteiger partial charge in [-0.3, -0.25) is 9.78 Å². The van der Waals surface area contributed by atoms with Crippen LogP contribution in [-0.2, 0) is 0 Å². The number of aryl methyl sites for hydroxylation is 1. The Hall–Kier alpha value is -3.48. The molecular weight excluding hydrogens is 328 g/mol. The number of benzene rings is 1. The van der Waals surface area contributed by atoms with Crippen molar-refractivity contribution in [2.45, 2.75) is 13.8 Å². The SMILES string of the molecule is CCNc1cc(Nc2ccc(NC(=O)c3ccncc3)cc2)nc(C)n1. The molecule has 0 aliphatic rings. The van der Waals surface area contributed by atoms with E-state index < -0.39 is 0 Å². The molecule has 0 saturated heterocycles.